The van der Waals surface area contributed by atoms with Crippen molar-refractivity contribution in [3.63, 3.8) is 0 Å². The molecule has 2 aromatic carbocycles. The number of benzene rings is 2. The van der Waals surface area contributed by atoms with Crippen LogP contribution in [0.1, 0.15) is 24.6 Å². The SMILES string of the molecule is Nc1nccn2c(C3CCC(CO)OC3)nc(-c3ccc(Oc4ccc5c(c4F)OCO5)cc3)c12. The lowest BCUT2D eigenvalue weighted by molar-refractivity contribution is -0.0282. The zero-order valence-corrected chi connectivity index (χ0v) is 18.7. The number of imidazole rings is 1. The number of rotatable bonds is 5. The molecule has 0 aliphatic carbocycles. The Labute approximate surface area is 199 Å². The van der Waals surface area contributed by atoms with E-state index in [1.807, 2.05) is 22.7 Å². The monoisotopic (exact) mass is 478 g/mol. The zero-order valence-electron chi connectivity index (χ0n) is 18.7. The number of aromatic nitrogens is 3. The van der Waals surface area contributed by atoms with Gasteiger partial charge in [-0.05, 0) is 49.2 Å². The smallest absolute Gasteiger partial charge is 0.231 e. The van der Waals surface area contributed by atoms with E-state index >= 15 is 0 Å². The van der Waals surface area contributed by atoms with E-state index in [2.05, 4.69) is 4.98 Å². The molecule has 4 aromatic rings. The molecule has 10 heteroatoms. The van der Waals surface area contributed by atoms with Gasteiger partial charge in [-0.15, -0.1) is 0 Å². The van der Waals surface area contributed by atoms with E-state index in [9.17, 15) is 9.50 Å². The summed E-state index contributed by atoms with van der Waals surface area (Å²) < 4.78 is 38.5. The van der Waals surface area contributed by atoms with Crippen molar-refractivity contribution >= 4 is 11.3 Å². The van der Waals surface area contributed by atoms with Crippen LogP contribution in [0, 0.1) is 5.82 Å². The fourth-order valence-corrected chi connectivity index (χ4v) is 4.54. The number of ether oxygens (including phenoxy) is 4. The molecule has 0 radical (unpaired) electrons. The molecule has 2 aliphatic rings. The van der Waals surface area contributed by atoms with E-state index < -0.39 is 5.82 Å². The van der Waals surface area contributed by atoms with E-state index in [1.54, 1.807) is 24.4 Å². The second-order valence-corrected chi connectivity index (χ2v) is 8.50. The highest BCUT2D eigenvalue weighted by atomic mass is 19.1. The van der Waals surface area contributed by atoms with Crippen molar-refractivity contribution in [2.75, 3.05) is 25.7 Å². The summed E-state index contributed by atoms with van der Waals surface area (Å²) in [5.74, 6) is 1.58. The van der Waals surface area contributed by atoms with Crippen molar-refractivity contribution in [2.45, 2.75) is 24.9 Å². The third kappa shape index (κ3) is 3.80. The molecule has 2 atom stereocenters. The number of hydrogen-bond acceptors (Lipinski definition) is 8. The minimum absolute atomic E-state index is 0.0156. The van der Waals surface area contributed by atoms with Gasteiger partial charge in [0.2, 0.25) is 18.4 Å². The quantitative estimate of drug-likeness (QED) is 0.444. The Hall–Kier alpha value is -3.89. The predicted octanol–water partition coefficient (Wildman–Crippen LogP) is 3.89. The fourth-order valence-electron chi connectivity index (χ4n) is 4.54. The number of nitrogen functional groups attached to an aromatic ring is 1. The Bertz CT molecular complexity index is 1380. The largest absolute Gasteiger partial charge is 0.454 e. The van der Waals surface area contributed by atoms with Crippen LogP contribution in [0.15, 0.2) is 48.8 Å². The molecular formula is C25H23FN4O5. The molecule has 9 nitrogen and oxygen atoms in total. The summed E-state index contributed by atoms with van der Waals surface area (Å²) >= 11 is 0. The summed E-state index contributed by atoms with van der Waals surface area (Å²) in [6.45, 7) is 0.472. The van der Waals surface area contributed by atoms with Gasteiger partial charge in [-0.2, -0.15) is 4.39 Å². The summed E-state index contributed by atoms with van der Waals surface area (Å²) in [7, 11) is 0. The number of nitrogens with two attached hydrogens (primary N) is 1. The van der Waals surface area contributed by atoms with Crippen LogP contribution in [-0.4, -0.2) is 45.6 Å². The normalized spacial score (nSPS) is 19.3. The Morgan fingerprint density at radius 3 is 2.77 bits per heavy atom. The molecule has 6 rings (SSSR count). The van der Waals surface area contributed by atoms with Crippen molar-refractivity contribution in [1.29, 1.82) is 0 Å². The number of aliphatic hydroxyl groups is 1. The lowest BCUT2D eigenvalue weighted by Gasteiger charge is -2.27. The second-order valence-electron chi connectivity index (χ2n) is 8.50. The number of anilines is 1. The van der Waals surface area contributed by atoms with Gasteiger partial charge in [-0.25, -0.2) is 9.97 Å². The molecule has 2 aliphatic heterocycles. The van der Waals surface area contributed by atoms with Crippen LogP contribution in [0.25, 0.3) is 16.8 Å². The molecule has 4 heterocycles. The maximum absolute atomic E-state index is 14.7. The van der Waals surface area contributed by atoms with Crippen LogP contribution < -0.4 is 19.9 Å². The van der Waals surface area contributed by atoms with Gasteiger partial charge in [0.25, 0.3) is 0 Å². The van der Waals surface area contributed by atoms with Crippen LogP contribution in [0.3, 0.4) is 0 Å². The first kappa shape index (κ1) is 21.6. The number of hydrogen-bond donors (Lipinski definition) is 2. The number of aliphatic hydroxyl groups excluding tert-OH is 1. The number of fused-ring (bicyclic) bond motifs is 2. The van der Waals surface area contributed by atoms with Gasteiger partial charge in [-0.3, -0.25) is 4.40 Å². The third-order valence-corrected chi connectivity index (χ3v) is 6.35. The molecule has 1 saturated heterocycles. The molecule has 0 saturated carbocycles. The number of nitrogens with zero attached hydrogens (tertiary/aromatic N) is 3. The molecular weight excluding hydrogens is 455 g/mol. The Balaban J connectivity index is 1.31. The van der Waals surface area contributed by atoms with Crippen molar-refractivity contribution in [3.8, 4) is 34.3 Å². The average Bonchev–Trinajstić information content (AvgIpc) is 3.53. The lowest BCUT2D eigenvalue weighted by atomic mass is 9.98. The zero-order chi connectivity index (χ0) is 23.9. The molecule has 2 aromatic heterocycles. The van der Waals surface area contributed by atoms with E-state index in [0.717, 1.165) is 24.2 Å². The fraction of sp³-hybridized carbons (Fsp3) is 0.280. The maximum Gasteiger partial charge on any atom is 0.231 e. The standard InChI is InChI=1S/C25H23FN4O5/c26-20-18(7-8-19-23(20)34-13-33-19)35-16-4-1-14(2-5-16)21-22-24(27)28-9-10-30(22)25(29-21)15-3-6-17(11-31)32-12-15/h1-2,4-5,7-10,15,17,31H,3,6,11-13H2,(H2,27,28). The first-order chi connectivity index (χ1) is 17.1. The molecule has 2 unspecified atom stereocenters. The van der Waals surface area contributed by atoms with Crippen molar-refractivity contribution in [2.24, 2.45) is 0 Å². The number of halogens is 1. The highest BCUT2D eigenvalue weighted by Gasteiger charge is 2.28. The minimum atomic E-state index is -0.606. The van der Waals surface area contributed by atoms with Crippen molar-refractivity contribution < 1.29 is 28.4 Å². The minimum Gasteiger partial charge on any atom is -0.454 e. The van der Waals surface area contributed by atoms with Crippen molar-refractivity contribution in [1.82, 2.24) is 14.4 Å². The van der Waals surface area contributed by atoms with E-state index in [4.69, 9.17) is 29.7 Å². The highest BCUT2D eigenvalue weighted by molar-refractivity contribution is 5.85. The molecule has 180 valence electrons. The predicted molar refractivity (Wildman–Crippen MR) is 124 cm³/mol. The third-order valence-electron chi connectivity index (χ3n) is 6.35. The van der Waals surface area contributed by atoms with Gasteiger partial charge in [0, 0.05) is 23.9 Å². The Morgan fingerprint density at radius 1 is 1.14 bits per heavy atom. The lowest BCUT2D eigenvalue weighted by Crippen LogP contribution is -2.28. The van der Waals surface area contributed by atoms with Gasteiger partial charge in [0.1, 0.15) is 28.6 Å². The molecule has 0 bridgehead atoms. The molecule has 0 amide bonds. The van der Waals surface area contributed by atoms with Crippen LogP contribution in [0.2, 0.25) is 0 Å². The van der Waals surface area contributed by atoms with Gasteiger partial charge >= 0.3 is 0 Å². The van der Waals surface area contributed by atoms with Crippen LogP contribution >= 0.6 is 0 Å². The highest BCUT2D eigenvalue weighted by Crippen LogP contribution is 2.41. The Morgan fingerprint density at radius 2 is 2.00 bits per heavy atom. The van der Waals surface area contributed by atoms with Gasteiger partial charge < -0.3 is 29.8 Å². The van der Waals surface area contributed by atoms with E-state index in [0.29, 0.717) is 35.1 Å². The summed E-state index contributed by atoms with van der Waals surface area (Å²) in [6.07, 6.45) is 4.96. The summed E-state index contributed by atoms with van der Waals surface area (Å²) in [5, 5.41) is 9.37. The van der Waals surface area contributed by atoms with Gasteiger partial charge in [0.15, 0.2) is 11.5 Å². The van der Waals surface area contributed by atoms with Crippen molar-refractivity contribution in [3.05, 3.63) is 60.4 Å². The van der Waals surface area contributed by atoms with E-state index in [-0.39, 0.29) is 36.9 Å². The van der Waals surface area contributed by atoms with Crippen LogP contribution in [0.5, 0.6) is 23.0 Å². The van der Waals surface area contributed by atoms with E-state index in [1.165, 1.54) is 6.07 Å². The summed E-state index contributed by atoms with van der Waals surface area (Å²) in [6, 6.07) is 10.3. The molecule has 0 spiro atoms. The summed E-state index contributed by atoms with van der Waals surface area (Å²) in [4.78, 5) is 9.18. The Kier molecular flexibility index (Phi) is 5.39. The molecule has 1 fully saturated rings. The van der Waals surface area contributed by atoms with Gasteiger partial charge in [0.05, 0.1) is 19.3 Å². The second kappa shape index (κ2) is 8.71. The van der Waals surface area contributed by atoms with Crippen LogP contribution in [-0.2, 0) is 4.74 Å². The topological polar surface area (TPSA) is 113 Å². The average molecular weight is 478 g/mol. The molecule has 3 N–H and O–H groups in total. The maximum atomic E-state index is 14.7. The summed E-state index contributed by atoms with van der Waals surface area (Å²) in [5.41, 5.74) is 8.47. The van der Waals surface area contributed by atoms with Crippen LogP contribution in [0.4, 0.5) is 10.2 Å². The first-order valence-electron chi connectivity index (χ1n) is 11.3. The molecule has 35 heavy (non-hydrogen) atoms. The first-order valence-corrected chi connectivity index (χ1v) is 11.3. The van der Waals surface area contributed by atoms with Gasteiger partial charge in [-0.1, -0.05) is 0 Å².